The Hall–Kier alpha value is -1.55. The van der Waals surface area contributed by atoms with Crippen LogP contribution < -0.4 is 11.1 Å². The maximum absolute atomic E-state index is 12.2. The van der Waals surface area contributed by atoms with Crippen molar-refractivity contribution in [3.63, 3.8) is 0 Å². The molecule has 0 fully saturated rings. The largest absolute Gasteiger partial charge is 0.398 e. The predicted molar refractivity (Wildman–Crippen MR) is 73.7 cm³/mol. The van der Waals surface area contributed by atoms with Crippen molar-refractivity contribution in [3.8, 4) is 0 Å². The van der Waals surface area contributed by atoms with Gasteiger partial charge in [0.15, 0.2) is 0 Å². The molecule has 100 valence electrons. The summed E-state index contributed by atoms with van der Waals surface area (Å²) in [6.45, 7) is 6.38. The monoisotopic (exact) mass is 250 g/mol. The first kappa shape index (κ1) is 14.5. The van der Waals surface area contributed by atoms with E-state index in [9.17, 15) is 4.79 Å². The number of hydrogen-bond acceptors (Lipinski definition) is 3. The Morgan fingerprint density at radius 3 is 2.61 bits per heavy atom. The first-order valence-corrected chi connectivity index (χ1v) is 6.16. The number of anilines is 1. The zero-order chi connectivity index (χ0) is 13.7. The van der Waals surface area contributed by atoms with E-state index in [1.54, 1.807) is 13.2 Å². The van der Waals surface area contributed by atoms with Crippen LogP contribution in [-0.2, 0) is 4.74 Å². The Morgan fingerprint density at radius 2 is 2.06 bits per heavy atom. The van der Waals surface area contributed by atoms with Crippen LogP contribution in [0.3, 0.4) is 0 Å². The van der Waals surface area contributed by atoms with Crippen LogP contribution in [-0.4, -0.2) is 25.7 Å². The van der Waals surface area contributed by atoms with Gasteiger partial charge >= 0.3 is 0 Å². The third-order valence-corrected chi connectivity index (χ3v) is 3.05. The number of methoxy groups -OCH3 is 1. The highest BCUT2D eigenvalue weighted by Crippen LogP contribution is 2.17. The highest BCUT2D eigenvalue weighted by atomic mass is 16.5. The minimum absolute atomic E-state index is 0.0319. The number of carbonyl (C=O) groups is 1. The molecule has 0 spiro atoms. The van der Waals surface area contributed by atoms with Gasteiger partial charge in [0.2, 0.25) is 0 Å². The first-order valence-electron chi connectivity index (χ1n) is 6.16. The molecule has 1 unspecified atom stereocenters. The molecule has 0 aliphatic carbocycles. The molecule has 1 aromatic rings. The molecule has 1 rings (SSSR count). The number of hydrogen-bond donors (Lipinski definition) is 2. The van der Waals surface area contributed by atoms with Crippen molar-refractivity contribution in [2.75, 3.05) is 19.5 Å². The van der Waals surface area contributed by atoms with E-state index in [2.05, 4.69) is 5.32 Å². The molecule has 3 N–H and O–H groups in total. The molecule has 0 aromatic heterocycles. The van der Waals surface area contributed by atoms with E-state index in [1.165, 1.54) is 0 Å². The van der Waals surface area contributed by atoms with E-state index >= 15 is 0 Å². The second-order valence-corrected chi connectivity index (χ2v) is 4.56. The number of nitrogens with one attached hydrogen (secondary N) is 1. The zero-order valence-electron chi connectivity index (χ0n) is 11.5. The molecule has 18 heavy (non-hydrogen) atoms. The Balaban J connectivity index is 2.87. The van der Waals surface area contributed by atoms with Gasteiger partial charge in [0.05, 0.1) is 12.6 Å². The van der Waals surface area contributed by atoms with Crippen molar-refractivity contribution in [2.45, 2.75) is 33.2 Å². The average molecular weight is 250 g/mol. The van der Waals surface area contributed by atoms with Gasteiger partial charge in [-0.25, -0.2) is 0 Å². The van der Waals surface area contributed by atoms with Crippen molar-refractivity contribution >= 4 is 11.6 Å². The van der Waals surface area contributed by atoms with Gasteiger partial charge in [-0.05, 0) is 37.5 Å². The maximum atomic E-state index is 12.2. The SMILES string of the molecule is CCC(COC)NC(=O)c1cc(N)c(C)cc1C. The molecule has 0 heterocycles. The van der Waals surface area contributed by atoms with Crippen LogP contribution in [0.2, 0.25) is 0 Å². The second-order valence-electron chi connectivity index (χ2n) is 4.56. The van der Waals surface area contributed by atoms with Crippen LogP contribution in [0.5, 0.6) is 0 Å². The second kappa shape index (κ2) is 6.40. The summed E-state index contributed by atoms with van der Waals surface area (Å²) in [5, 5.41) is 2.95. The molecule has 4 heteroatoms. The van der Waals surface area contributed by atoms with Gasteiger partial charge in [0.25, 0.3) is 5.91 Å². The van der Waals surface area contributed by atoms with Gasteiger partial charge < -0.3 is 15.8 Å². The summed E-state index contributed by atoms with van der Waals surface area (Å²) in [7, 11) is 1.63. The predicted octanol–water partition coefficient (Wildman–Crippen LogP) is 2.04. The third kappa shape index (κ3) is 3.47. The lowest BCUT2D eigenvalue weighted by atomic mass is 10.0. The molecular formula is C14H22N2O2. The summed E-state index contributed by atoms with van der Waals surface area (Å²) in [5.41, 5.74) is 9.05. The van der Waals surface area contributed by atoms with Crippen LogP contribution >= 0.6 is 0 Å². The van der Waals surface area contributed by atoms with Crippen LogP contribution in [0.25, 0.3) is 0 Å². The van der Waals surface area contributed by atoms with Crippen LogP contribution in [0.1, 0.15) is 34.8 Å². The van der Waals surface area contributed by atoms with Crippen molar-refractivity contribution in [2.24, 2.45) is 0 Å². The lowest BCUT2D eigenvalue weighted by Gasteiger charge is -2.17. The fourth-order valence-corrected chi connectivity index (χ4v) is 1.84. The fraction of sp³-hybridized carbons (Fsp3) is 0.500. The number of ether oxygens (including phenoxy) is 1. The quantitative estimate of drug-likeness (QED) is 0.786. The van der Waals surface area contributed by atoms with E-state index in [1.807, 2.05) is 26.8 Å². The van der Waals surface area contributed by atoms with Crippen molar-refractivity contribution < 1.29 is 9.53 Å². The highest BCUT2D eigenvalue weighted by Gasteiger charge is 2.14. The Labute approximate surface area is 109 Å². The smallest absolute Gasteiger partial charge is 0.251 e. The van der Waals surface area contributed by atoms with Gasteiger partial charge in [-0.3, -0.25) is 4.79 Å². The molecule has 0 aliphatic rings. The Kier molecular flexibility index (Phi) is 5.16. The third-order valence-electron chi connectivity index (χ3n) is 3.05. The highest BCUT2D eigenvalue weighted by molar-refractivity contribution is 5.96. The minimum atomic E-state index is -0.0944. The molecule has 4 nitrogen and oxygen atoms in total. The van der Waals surface area contributed by atoms with E-state index in [0.717, 1.165) is 17.5 Å². The number of amides is 1. The zero-order valence-corrected chi connectivity index (χ0v) is 11.5. The van der Waals surface area contributed by atoms with Gasteiger partial charge in [-0.2, -0.15) is 0 Å². The summed E-state index contributed by atoms with van der Waals surface area (Å²) in [6, 6.07) is 3.70. The standard InChI is InChI=1S/C14H22N2O2/c1-5-11(8-18-4)16-14(17)12-7-13(15)10(3)6-9(12)2/h6-7,11H,5,8,15H2,1-4H3,(H,16,17). The van der Waals surface area contributed by atoms with Crippen LogP contribution in [0.15, 0.2) is 12.1 Å². The molecule has 0 saturated heterocycles. The molecule has 0 bridgehead atoms. The van der Waals surface area contributed by atoms with Gasteiger partial charge in [-0.1, -0.05) is 13.0 Å². The Bertz CT molecular complexity index is 430. The van der Waals surface area contributed by atoms with Gasteiger partial charge in [-0.15, -0.1) is 0 Å². The molecule has 0 saturated carbocycles. The van der Waals surface area contributed by atoms with E-state index < -0.39 is 0 Å². The molecular weight excluding hydrogens is 228 g/mol. The number of rotatable bonds is 5. The summed E-state index contributed by atoms with van der Waals surface area (Å²) >= 11 is 0. The van der Waals surface area contributed by atoms with Gasteiger partial charge in [0, 0.05) is 18.4 Å². The van der Waals surface area contributed by atoms with E-state index in [-0.39, 0.29) is 11.9 Å². The number of nitrogen functional groups attached to an aromatic ring is 1. The Morgan fingerprint density at radius 1 is 1.39 bits per heavy atom. The molecule has 0 radical (unpaired) electrons. The molecule has 1 amide bonds. The van der Waals surface area contributed by atoms with Crippen LogP contribution in [0.4, 0.5) is 5.69 Å². The average Bonchev–Trinajstić information content (AvgIpc) is 2.33. The minimum Gasteiger partial charge on any atom is -0.398 e. The van der Waals surface area contributed by atoms with Crippen molar-refractivity contribution in [1.82, 2.24) is 5.32 Å². The molecule has 1 aromatic carbocycles. The van der Waals surface area contributed by atoms with Crippen LogP contribution in [0, 0.1) is 13.8 Å². The number of benzene rings is 1. The summed E-state index contributed by atoms with van der Waals surface area (Å²) < 4.78 is 5.07. The summed E-state index contributed by atoms with van der Waals surface area (Å²) in [5.74, 6) is -0.0944. The van der Waals surface area contributed by atoms with Crippen molar-refractivity contribution in [3.05, 3.63) is 28.8 Å². The van der Waals surface area contributed by atoms with Crippen molar-refractivity contribution in [1.29, 1.82) is 0 Å². The number of nitrogens with two attached hydrogens (primary N) is 1. The summed E-state index contributed by atoms with van der Waals surface area (Å²) in [6.07, 6.45) is 0.833. The molecule has 0 aliphatic heterocycles. The summed E-state index contributed by atoms with van der Waals surface area (Å²) in [4.78, 5) is 12.2. The first-order chi connectivity index (χ1) is 8.49. The lowest BCUT2D eigenvalue weighted by molar-refractivity contribution is 0.0894. The number of aryl methyl sites for hydroxylation is 2. The lowest BCUT2D eigenvalue weighted by Crippen LogP contribution is -2.37. The van der Waals surface area contributed by atoms with E-state index in [0.29, 0.717) is 17.9 Å². The van der Waals surface area contributed by atoms with Gasteiger partial charge in [0.1, 0.15) is 0 Å². The normalized spacial score (nSPS) is 12.2. The van der Waals surface area contributed by atoms with E-state index in [4.69, 9.17) is 10.5 Å². The topological polar surface area (TPSA) is 64.3 Å². The number of carbonyl (C=O) groups excluding carboxylic acids is 1. The molecule has 1 atom stereocenters. The fourth-order valence-electron chi connectivity index (χ4n) is 1.84. The maximum Gasteiger partial charge on any atom is 0.251 e.